The molecule has 2 unspecified atom stereocenters. The minimum atomic E-state index is -0.679. The molecular weight excluding hydrogens is 142 g/mol. The van der Waals surface area contributed by atoms with Gasteiger partial charge in [0.2, 0.25) is 0 Å². The quantitative estimate of drug-likeness (QED) is 0.601. The number of aliphatic carboxylic acids is 1. The molecule has 1 aliphatic heterocycles. The zero-order chi connectivity index (χ0) is 8.48. The molecular formula is C8H16NO2+. The number of rotatable bonds is 2. The Hall–Kier alpha value is -0.570. The summed E-state index contributed by atoms with van der Waals surface area (Å²) >= 11 is 0. The zero-order valence-corrected chi connectivity index (χ0v) is 7.21. The van der Waals surface area contributed by atoms with E-state index in [1.54, 1.807) is 0 Å². The number of carbonyl (C=O) groups is 1. The molecule has 1 saturated heterocycles. The summed E-state index contributed by atoms with van der Waals surface area (Å²) in [6.45, 7) is 3.44. The standard InChI is InChI=1S/C8H15NO2/c1-7-4-3-5-9(7,2)6-8(10)11/h7H,3-6H2,1-2H3/p+1. The van der Waals surface area contributed by atoms with Crippen molar-refractivity contribution in [3.05, 3.63) is 0 Å². The molecule has 1 heterocycles. The molecule has 0 aromatic heterocycles. The first-order valence-electron chi connectivity index (χ1n) is 4.10. The highest BCUT2D eigenvalue weighted by Gasteiger charge is 2.36. The number of carboxylic acids is 1. The third-order valence-corrected chi connectivity index (χ3v) is 2.85. The summed E-state index contributed by atoms with van der Waals surface area (Å²) in [5.74, 6) is -0.679. The molecule has 0 aliphatic carbocycles. The van der Waals surface area contributed by atoms with Crippen molar-refractivity contribution in [2.24, 2.45) is 0 Å². The van der Waals surface area contributed by atoms with E-state index >= 15 is 0 Å². The van der Waals surface area contributed by atoms with E-state index < -0.39 is 5.97 Å². The lowest BCUT2D eigenvalue weighted by Crippen LogP contribution is -2.49. The Morgan fingerprint density at radius 2 is 2.36 bits per heavy atom. The lowest BCUT2D eigenvalue weighted by molar-refractivity contribution is -0.912. The van der Waals surface area contributed by atoms with E-state index in [1.807, 2.05) is 7.05 Å². The molecule has 0 radical (unpaired) electrons. The van der Waals surface area contributed by atoms with Crippen LogP contribution in [-0.2, 0) is 4.79 Å². The van der Waals surface area contributed by atoms with Crippen molar-refractivity contribution in [2.45, 2.75) is 25.8 Å². The van der Waals surface area contributed by atoms with Crippen LogP contribution in [0.3, 0.4) is 0 Å². The topological polar surface area (TPSA) is 37.3 Å². The summed E-state index contributed by atoms with van der Waals surface area (Å²) in [6.07, 6.45) is 2.34. The van der Waals surface area contributed by atoms with Crippen LogP contribution >= 0.6 is 0 Å². The Morgan fingerprint density at radius 3 is 2.73 bits per heavy atom. The highest BCUT2D eigenvalue weighted by molar-refractivity contribution is 5.67. The SMILES string of the molecule is CC1CCC[N+]1(C)CC(=O)O. The van der Waals surface area contributed by atoms with Gasteiger partial charge >= 0.3 is 5.97 Å². The predicted octanol–water partition coefficient (Wildman–Crippen LogP) is 0.700. The van der Waals surface area contributed by atoms with Gasteiger partial charge in [-0.2, -0.15) is 0 Å². The highest BCUT2D eigenvalue weighted by Crippen LogP contribution is 2.23. The number of hydrogen-bond donors (Lipinski definition) is 1. The van der Waals surface area contributed by atoms with E-state index in [9.17, 15) is 4.79 Å². The maximum absolute atomic E-state index is 10.5. The smallest absolute Gasteiger partial charge is 0.359 e. The number of carboxylic acid groups (broad SMARTS) is 1. The Bertz CT molecular complexity index is 169. The molecule has 0 amide bonds. The Morgan fingerprint density at radius 1 is 1.73 bits per heavy atom. The maximum Gasteiger partial charge on any atom is 0.359 e. The molecule has 1 fully saturated rings. The van der Waals surface area contributed by atoms with Crippen LogP contribution in [0.1, 0.15) is 19.8 Å². The molecule has 3 nitrogen and oxygen atoms in total. The van der Waals surface area contributed by atoms with Gasteiger partial charge in [-0.1, -0.05) is 0 Å². The van der Waals surface area contributed by atoms with Crippen molar-refractivity contribution in [3.8, 4) is 0 Å². The minimum Gasteiger partial charge on any atom is -0.477 e. The first-order valence-corrected chi connectivity index (χ1v) is 4.10. The van der Waals surface area contributed by atoms with E-state index in [1.165, 1.54) is 12.8 Å². The molecule has 11 heavy (non-hydrogen) atoms. The number of likely N-dealkylation sites (tertiary alicyclic amines) is 1. The van der Waals surface area contributed by atoms with Crippen molar-refractivity contribution >= 4 is 5.97 Å². The van der Waals surface area contributed by atoms with Gasteiger partial charge in [0.1, 0.15) is 0 Å². The Kier molecular flexibility index (Phi) is 2.18. The summed E-state index contributed by atoms with van der Waals surface area (Å²) in [7, 11) is 2.03. The number of hydrogen-bond acceptors (Lipinski definition) is 1. The fourth-order valence-corrected chi connectivity index (χ4v) is 1.82. The third kappa shape index (κ3) is 1.71. The second kappa shape index (κ2) is 2.81. The Labute approximate surface area is 67.2 Å². The third-order valence-electron chi connectivity index (χ3n) is 2.85. The highest BCUT2D eigenvalue weighted by atomic mass is 16.4. The van der Waals surface area contributed by atoms with Gasteiger partial charge in [0, 0.05) is 12.8 Å². The monoisotopic (exact) mass is 158 g/mol. The first-order chi connectivity index (χ1) is 5.04. The van der Waals surface area contributed by atoms with E-state index in [2.05, 4.69) is 6.92 Å². The molecule has 1 rings (SSSR count). The minimum absolute atomic E-state index is 0.279. The maximum atomic E-state index is 10.5. The molecule has 0 aromatic rings. The molecule has 64 valence electrons. The lowest BCUT2D eigenvalue weighted by atomic mass is 10.2. The average molecular weight is 158 g/mol. The van der Waals surface area contributed by atoms with E-state index in [4.69, 9.17) is 5.11 Å². The van der Waals surface area contributed by atoms with Crippen molar-refractivity contribution < 1.29 is 14.4 Å². The van der Waals surface area contributed by atoms with Crippen LogP contribution in [0.15, 0.2) is 0 Å². The summed E-state index contributed by atoms with van der Waals surface area (Å²) in [5, 5.41) is 8.64. The molecule has 2 atom stereocenters. The molecule has 1 N–H and O–H groups in total. The van der Waals surface area contributed by atoms with E-state index in [-0.39, 0.29) is 6.54 Å². The second-order valence-corrected chi connectivity index (χ2v) is 3.75. The van der Waals surface area contributed by atoms with Gasteiger partial charge in [-0.05, 0) is 6.92 Å². The van der Waals surface area contributed by atoms with Gasteiger partial charge in [-0.3, -0.25) is 0 Å². The van der Waals surface area contributed by atoms with Crippen LogP contribution in [0.5, 0.6) is 0 Å². The van der Waals surface area contributed by atoms with E-state index in [0.717, 1.165) is 11.0 Å². The summed E-state index contributed by atoms with van der Waals surface area (Å²) < 4.78 is 0.718. The van der Waals surface area contributed by atoms with Gasteiger partial charge in [0.05, 0.1) is 19.6 Å². The largest absolute Gasteiger partial charge is 0.477 e. The molecule has 1 aliphatic rings. The fourth-order valence-electron chi connectivity index (χ4n) is 1.82. The van der Waals surface area contributed by atoms with Gasteiger partial charge in [-0.15, -0.1) is 0 Å². The molecule has 0 bridgehead atoms. The number of likely N-dealkylation sites (N-methyl/N-ethyl adjacent to an activating group) is 1. The van der Waals surface area contributed by atoms with Crippen LogP contribution < -0.4 is 0 Å². The molecule has 0 aromatic carbocycles. The van der Waals surface area contributed by atoms with Crippen molar-refractivity contribution in [3.63, 3.8) is 0 Å². The van der Waals surface area contributed by atoms with Crippen LogP contribution in [0, 0.1) is 0 Å². The van der Waals surface area contributed by atoms with Gasteiger partial charge in [0.15, 0.2) is 6.54 Å². The van der Waals surface area contributed by atoms with Gasteiger partial charge in [-0.25, -0.2) is 4.79 Å². The molecule has 0 saturated carbocycles. The normalized spacial score (nSPS) is 37.5. The average Bonchev–Trinajstić information content (AvgIpc) is 2.11. The summed E-state index contributed by atoms with van der Waals surface area (Å²) in [5.41, 5.74) is 0. The number of quaternary nitrogens is 1. The van der Waals surface area contributed by atoms with Crippen LogP contribution in [0.4, 0.5) is 0 Å². The lowest BCUT2D eigenvalue weighted by Gasteiger charge is -2.32. The van der Waals surface area contributed by atoms with Gasteiger partial charge in [0.25, 0.3) is 0 Å². The number of nitrogens with zero attached hydrogens (tertiary/aromatic N) is 1. The first kappa shape index (κ1) is 8.53. The second-order valence-electron chi connectivity index (χ2n) is 3.75. The summed E-state index contributed by atoms with van der Waals surface area (Å²) in [6, 6.07) is 0.520. The molecule has 3 heteroatoms. The Balaban J connectivity index is 2.58. The van der Waals surface area contributed by atoms with Crippen molar-refractivity contribution in [1.29, 1.82) is 0 Å². The van der Waals surface area contributed by atoms with Crippen LogP contribution in [0.2, 0.25) is 0 Å². The predicted molar refractivity (Wildman–Crippen MR) is 42.3 cm³/mol. The summed E-state index contributed by atoms with van der Waals surface area (Å²) in [4.78, 5) is 10.5. The van der Waals surface area contributed by atoms with Gasteiger partial charge < -0.3 is 9.59 Å². The van der Waals surface area contributed by atoms with Crippen LogP contribution in [0.25, 0.3) is 0 Å². The van der Waals surface area contributed by atoms with E-state index in [0.29, 0.717) is 6.04 Å². The zero-order valence-electron chi connectivity index (χ0n) is 7.21. The van der Waals surface area contributed by atoms with Crippen LogP contribution in [-0.4, -0.2) is 41.7 Å². The molecule has 0 spiro atoms. The van der Waals surface area contributed by atoms with Crippen molar-refractivity contribution in [1.82, 2.24) is 0 Å². The van der Waals surface area contributed by atoms with Crippen molar-refractivity contribution in [2.75, 3.05) is 20.1 Å². The fraction of sp³-hybridized carbons (Fsp3) is 0.875.